The first kappa shape index (κ1) is 12.8. The van der Waals surface area contributed by atoms with Crippen LogP contribution >= 0.6 is 0 Å². The molecule has 2 heterocycles. The Kier molecular flexibility index (Phi) is 3.00. The molecule has 0 saturated carbocycles. The van der Waals surface area contributed by atoms with Crippen LogP contribution in [0.1, 0.15) is 34.5 Å². The molecule has 0 bridgehead atoms. The van der Waals surface area contributed by atoms with E-state index in [4.69, 9.17) is 4.74 Å². The Balaban J connectivity index is 2.06. The van der Waals surface area contributed by atoms with Crippen molar-refractivity contribution in [3.05, 3.63) is 53.2 Å². The van der Waals surface area contributed by atoms with Gasteiger partial charge in [0.25, 0.3) is 0 Å². The highest BCUT2D eigenvalue weighted by Crippen LogP contribution is 2.41. The topological polar surface area (TPSA) is 79.7 Å². The Morgan fingerprint density at radius 3 is 2.90 bits per heavy atom. The van der Waals surface area contributed by atoms with E-state index in [1.165, 1.54) is 6.92 Å². The van der Waals surface area contributed by atoms with E-state index in [1.807, 2.05) is 0 Å². The van der Waals surface area contributed by atoms with E-state index < -0.39 is 18.0 Å². The van der Waals surface area contributed by atoms with Crippen LogP contribution in [0.15, 0.2) is 36.5 Å². The molecule has 0 amide bonds. The Bertz CT molecular complexity index is 681. The van der Waals surface area contributed by atoms with Gasteiger partial charge in [0.1, 0.15) is 18.0 Å². The van der Waals surface area contributed by atoms with E-state index in [2.05, 4.69) is 4.98 Å². The second kappa shape index (κ2) is 4.70. The summed E-state index contributed by atoms with van der Waals surface area (Å²) < 4.78 is 5.60. The summed E-state index contributed by atoms with van der Waals surface area (Å²) in [7, 11) is 0. The van der Waals surface area contributed by atoms with Crippen LogP contribution in [0, 0.1) is 0 Å². The van der Waals surface area contributed by atoms with Crippen LogP contribution in [-0.2, 0) is 0 Å². The van der Waals surface area contributed by atoms with Crippen LogP contribution in [0.2, 0.25) is 0 Å². The van der Waals surface area contributed by atoms with Gasteiger partial charge in [-0.25, -0.2) is 4.98 Å². The average Bonchev–Trinajstić information content (AvgIpc) is 2.46. The molecule has 1 aromatic carbocycles. The highest BCUT2D eigenvalue weighted by molar-refractivity contribution is 5.99. The van der Waals surface area contributed by atoms with Crippen molar-refractivity contribution in [1.82, 2.24) is 4.98 Å². The Labute approximate surface area is 115 Å². The average molecular weight is 271 g/mol. The Hall–Kier alpha value is -2.24. The molecule has 0 fully saturated rings. The minimum absolute atomic E-state index is 0.341. The maximum Gasteiger partial charge on any atom is 0.225 e. The number of fused-ring (bicyclic) bond motifs is 2. The van der Waals surface area contributed by atoms with Crippen LogP contribution < -0.4 is 4.74 Å². The van der Waals surface area contributed by atoms with Crippen LogP contribution in [0.25, 0.3) is 0 Å². The number of aliphatic hydroxyl groups is 2. The molecule has 5 heteroatoms. The molecule has 2 unspecified atom stereocenters. The van der Waals surface area contributed by atoms with Crippen LogP contribution in [0.5, 0.6) is 11.6 Å². The predicted molar refractivity (Wildman–Crippen MR) is 70.8 cm³/mol. The van der Waals surface area contributed by atoms with Crippen molar-refractivity contribution in [1.29, 1.82) is 0 Å². The maximum atomic E-state index is 11.8. The van der Waals surface area contributed by atoms with E-state index >= 15 is 0 Å². The summed E-state index contributed by atoms with van der Waals surface area (Å²) in [6.45, 7) is 1.41. The third-order valence-corrected chi connectivity index (χ3v) is 3.27. The standard InChI is InChI=1S/C15H13NO4/c1-8(17)13(18)9-4-5-12-11(7-9)14(19)10-3-2-6-16-15(10)20-12/h2-8,14,17,19H,1H3. The highest BCUT2D eigenvalue weighted by Gasteiger charge is 2.27. The Morgan fingerprint density at radius 2 is 2.15 bits per heavy atom. The second-order valence-corrected chi connectivity index (χ2v) is 4.70. The molecule has 3 rings (SSSR count). The van der Waals surface area contributed by atoms with E-state index in [-0.39, 0.29) is 0 Å². The molecule has 2 N–H and O–H groups in total. The van der Waals surface area contributed by atoms with E-state index in [9.17, 15) is 15.0 Å². The molecule has 1 aromatic heterocycles. The number of benzene rings is 1. The fourth-order valence-corrected chi connectivity index (χ4v) is 2.22. The summed E-state index contributed by atoms with van der Waals surface area (Å²) in [6.07, 6.45) is -0.394. The van der Waals surface area contributed by atoms with Crippen molar-refractivity contribution in [3.8, 4) is 11.6 Å². The summed E-state index contributed by atoms with van der Waals surface area (Å²) >= 11 is 0. The molecule has 2 aromatic rings. The molecular weight excluding hydrogens is 258 g/mol. The summed E-state index contributed by atoms with van der Waals surface area (Å²) in [5.41, 5.74) is 1.40. The summed E-state index contributed by atoms with van der Waals surface area (Å²) in [5, 5.41) is 19.7. The molecular formula is C15H13NO4. The lowest BCUT2D eigenvalue weighted by Gasteiger charge is -2.24. The van der Waals surface area contributed by atoms with Gasteiger partial charge >= 0.3 is 0 Å². The van der Waals surface area contributed by atoms with Gasteiger partial charge in [0.2, 0.25) is 5.88 Å². The summed E-state index contributed by atoms with van der Waals surface area (Å²) in [6, 6.07) is 8.14. The normalized spacial score (nSPS) is 17.6. The van der Waals surface area contributed by atoms with Crippen LogP contribution in [0.3, 0.4) is 0 Å². The number of rotatable bonds is 2. The number of aliphatic hydroxyl groups excluding tert-OH is 2. The van der Waals surface area contributed by atoms with Gasteiger partial charge in [-0.15, -0.1) is 0 Å². The minimum atomic E-state index is -1.08. The van der Waals surface area contributed by atoms with Gasteiger partial charge < -0.3 is 14.9 Å². The van der Waals surface area contributed by atoms with Crippen molar-refractivity contribution in [2.24, 2.45) is 0 Å². The van der Waals surface area contributed by atoms with Gasteiger partial charge in [0, 0.05) is 22.9 Å². The zero-order chi connectivity index (χ0) is 14.3. The number of hydrogen-bond donors (Lipinski definition) is 2. The maximum absolute atomic E-state index is 11.8. The third-order valence-electron chi connectivity index (χ3n) is 3.27. The number of hydrogen-bond acceptors (Lipinski definition) is 5. The van der Waals surface area contributed by atoms with Crippen LogP contribution in [-0.4, -0.2) is 27.1 Å². The number of Topliss-reactive ketones (excluding diaryl/α,β-unsaturated/α-hetero) is 1. The van der Waals surface area contributed by atoms with Crippen molar-refractivity contribution < 1.29 is 19.7 Å². The Morgan fingerprint density at radius 1 is 1.35 bits per heavy atom. The second-order valence-electron chi connectivity index (χ2n) is 4.70. The highest BCUT2D eigenvalue weighted by atomic mass is 16.5. The largest absolute Gasteiger partial charge is 0.438 e. The van der Waals surface area contributed by atoms with Gasteiger partial charge in [-0.2, -0.15) is 0 Å². The zero-order valence-corrected chi connectivity index (χ0v) is 10.8. The summed E-state index contributed by atoms with van der Waals surface area (Å²) in [4.78, 5) is 15.9. The van der Waals surface area contributed by atoms with E-state index in [0.29, 0.717) is 28.3 Å². The first-order valence-corrected chi connectivity index (χ1v) is 6.25. The number of pyridine rings is 1. The molecule has 5 nitrogen and oxygen atoms in total. The fraction of sp³-hybridized carbons (Fsp3) is 0.200. The van der Waals surface area contributed by atoms with Gasteiger partial charge in [-0.3, -0.25) is 4.79 Å². The SMILES string of the molecule is CC(O)C(=O)c1ccc2c(c1)C(O)c1cccnc1O2. The smallest absolute Gasteiger partial charge is 0.225 e. The number of carbonyl (C=O) groups is 1. The predicted octanol–water partition coefficient (Wildman–Crippen LogP) is 1.83. The lowest BCUT2D eigenvalue weighted by atomic mass is 9.95. The molecule has 20 heavy (non-hydrogen) atoms. The zero-order valence-electron chi connectivity index (χ0n) is 10.8. The van der Waals surface area contributed by atoms with Crippen molar-refractivity contribution in [3.63, 3.8) is 0 Å². The molecule has 0 spiro atoms. The molecule has 0 aliphatic carbocycles. The monoisotopic (exact) mass is 271 g/mol. The fourth-order valence-electron chi connectivity index (χ4n) is 2.22. The van der Waals surface area contributed by atoms with Gasteiger partial charge in [0.15, 0.2) is 5.78 Å². The van der Waals surface area contributed by atoms with Gasteiger partial charge in [-0.1, -0.05) is 0 Å². The van der Waals surface area contributed by atoms with Gasteiger partial charge in [0.05, 0.1) is 0 Å². The molecule has 102 valence electrons. The van der Waals surface area contributed by atoms with E-state index in [0.717, 1.165) is 0 Å². The lowest BCUT2D eigenvalue weighted by molar-refractivity contribution is 0.0779. The third kappa shape index (κ3) is 1.97. The van der Waals surface area contributed by atoms with Crippen molar-refractivity contribution in [2.75, 3.05) is 0 Å². The van der Waals surface area contributed by atoms with Crippen LogP contribution in [0.4, 0.5) is 0 Å². The summed E-state index contributed by atoms with van der Waals surface area (Å²) in [5.74, 6) is 0.435. The number of carbonyl (C=O) groups excluding carboxylic acids is 1. The molecule has 0 saturated heterocycles. The number of ketones is 1. The molecule has 1 aliphatic heterocycles. The van der Waals surface area contributed by atoms with E-state index in [1.54, 1.807) is 36.5 Å². The minimum Gasteiger partial charge on any atom is -0.438 e. The lowest BCUT2D eigenvalue weighted by Crippen LogP contribution is -2.17. The first-order valence-electron chi connectivity index (χ1n) is 6.25. The number of aromatic nitrogens is 1. The number of ether oxygens (including phenoxy) is 1. The van der Waals surface area contributed by atoms with Crippen molar-refractivity contribution in [2.45, 2.75) is 19.1 Å². The molecule has 0 radical (unpaired) electrons. The first-order chi connectivity index (χ1) is 9.58. The quantitative estimate of drug-likeness (QED) is 0.815. The molecule has 1 aliphatic rings. The van der Waals surface area contributed by atoms with Crippen molar-refractivity contribution >= 4 is 5.78 Å². The van der Waals surface area contributed by atoms with Gasteiger partial charge in [-0.05, 0) is 37.3 Å². The number of nitrogens with zero attached hydrogens (tertiary/aromatic N) is 1. The molecule has 2 atom stereocenters.